The smallest absolute Gasteiger partial charge is 0.247 e. The Kier molecular flexibility index (Phi) is 5.84. The number of hydrogen-bond donors (Lipinski definition) is 2. The number of nitrogens with one attached hydrogen (secondary N) is 1. The third kappa shape index (κ3) is 4.46. The van der Waals surface area contributed by atoms with E-state index >= 15 is 0 Å². The van der Waals surface area contributed by atoms with Crippen molar-refractivity contribution in [2.24, 2.45) is 5.92 Å². The molecule has 1 aliphatic carbocycles. The summed E-state index contributed by atoms with van der Waals surface area (Å²) >= 11 is 12.0. The minimum absolute atomic E-state index is 0.132. The van der Waals surface area contributed by atoms with Gasteiger partial charge in [-0.1, -0.05) is 41.8 Å². The van der Waals surface area contributed by atoms with Crippen LogP contribution in [0.15, 0.2) is 42.5 Å². The van der Waals surface area contributed by atoms with E-state index in [-0.39, 0.29) is 17.7 Å². The van der Waals surface area contributed by atoms with Crippen LogP contribution in [0.1, 0.15) is 36.3 Å². The lowest BCUT2D eigenvalue weighted by atomic mass is 9.88. The first kappa shape index (κ1) is 18.1. The summed E-state index contributed by atoms with van der Waals surface area (Å²) in [5.74, 6) is 0.389. The highest BCUT2D eigenvalue weighted by Gasteiger charge is 2.33. The molecule has 2 atom stereocenters. The van der Waals surface area contributed by atoms with Gasteiger partial charge in [-0.2, -0.15) is 0 Å². The predicted molar refractivity (Wildman–Crippen MR) is 97.2 cm³/mol. The van der Waals surface area contributed by atoms with E-state index in [1.54, 1.807) is 11.5 Å². The molecule has 1 fully saturated rings. The summed E-state index contributed by atoms with van der Waals surface area (Å²) < 4.78 is 5.78. The largest absolute Gasteiger partial charge is 0.489 e. The van der Waals surface area contributed by atoms with Crippen LogP contribution < -0.4 is 10.2 Å². The molecule has 0 aromatic heterocycles. The molecule has 0 bridgehead atoms. The van der Waals surface area contributed by atoms with Crippen LogP contribution in [0.4, 0.5) is 0 Å². The van der Waals surface area contributed by atoms with Gasteiger partial charge in [-0.25, -0.2) is 5.48 Å². The van der Waals surface area contributed by atoms with Gasteiger partial charge in [0, 0.05) is 16.0 Å². The van der Waals surface area contributed by atoms with E-state index in [4.69, 9.17) is 33.1 Å². The second kappa shape index (κ2) is 8.09. The van der Waals surface area contributed by atoms with Crippen LogP contribution in [0.25, 0.3) is 0 Å². The Morgan fingerprint density at radius 3 is 2.44 bits per heavy atom. The molecule has 2 N–H and O–H groups in total. The standard InChI is InChI=1S/C19H19Cl2NO3/c20-14-8-12(9-15(21)10-14)11-25-16-6-4-13(5-7-16)17-2-1-3-18(17)19(23)22-24/h4-10,17-18,24H,1-3,11H2,(H,22,23). The van der Waals surface area contributed by atoms with E-state index in [2.05, 4.69) is 0 Å². The summed E-state index contributed by atoms with van der Waals surface area (Å²) in [6.07, 6.45) is 2.72. The van der Waals surface area contributed by atoms with Crippen molar-refractivity contribution in [1.82, 2.24) is 5.48 Å². The Morgan fingerprint density at radius 1 is 1.12 bits per heavy atom. The summed E-state index contributed by atoms with van der Waals surface area (Å²) in [6.45, 7) is 0.374. The quantitative estimate of drug-likeness (QED) is 0.569. The van der Waals surface area contributed by atoms with Gasteiger partial charge in [-0.3, -0.25) is 10.0 Å². The van der Waals surface area contributed by atoms with Crippen molar-refractivity contribution in [1.29, 1.82) is 0 Å². The minimum atomic E-state index is -0.305. The zero-order valence-corrected chi connectivity index (χ0v) is 15.1. The fourth-order valence-corrected chi connectivity index (χ4v) is 4.00. The molecule has 0 heterocycles. The molecule has 0 spiro atoms. The van der Waals surface area contributed by atoms with Crippen LogP contribution >= 0.6 is 23.2 Å². The molecule has 2 aromatic carbocycles. The Hall–Kier alpha value is -1.75. The monoisotopic (exact) mass is 379 g/mol. The molecule has 132 valence electrons. The van der Waals surface area contributed by atoms with Crippen LogP contribution in [-0.4, -0.2) is 11.1 Å². The van der Waals surface area contributed by atoms with Crippen molar-refractivity contribution >= 4 is 29.1 Å². The fourth-order valence-electron chi connectivity index (χ4n) is 3.43. The minimum Gasteiger partial charge on any atom is -0.489 e. The Bertz CT molecular complexity index is 729. The summed E-state index contributed by atoms with van der Waals surface area (Å²) in [6, 6.07) is 13.1. The number of hydrogen-bond acceptors (Lipinski definition) is 3. The Balaban J connectivity index is 1.65. The van der Waals surface area contributed by atoms with Crippen molar-refractivity contribution < 1.29 is 14.7 Å². The van der Waals surface area contributed by atoms with E-state index < -0.39 is 0 Å². The van der Waals surface area contributed by atoms with Gasteiger partial charge in [-0.05, 0) is 60.2 Å². The number of rotatable bonds is 5. The molecular formula is C19H19Cl2NO3. The van der Waals surface area contributed by atoms with Crippen molar-refractivity contribution in [3.63, 3.8) is 0 Å². The van der Waals surface area contributed by atoms with Gasteiger partial charge in [-0.15, -0.1) is 0 Å². The number of benzene rings is 2. The van der Waals surface area contributed by atoms with E-state index in [9.17, 15) is 4.79 Å². The summed E-state index contributed by atoms with van der Waals surface area (Å²) in [5, 5.41) is 10.0. The third-order valence-electron chi connectivity index (χ3n) is 4.60. The Morgan fingerprint density at radius 2 is 1.80 bits per heavy atom. The molecule has 1 aliphatic rings. The maximum absolute atomic E-state index is 11.8. The summed E-state index contributed by atoms with van der Waals surface area (Å²) in [4.78, 5) is 11.8. The highest BCUT2D eigenvalue weighted by atomic mass is 35.5. The van der Waals surface area contributed by atoms with Crippen molar-refractivity contribution in [3.05, 3.63) is 63.6 Å². The zero-order valence-electron chi connectivity index (χ0n) is 13.5. The molecule has 2 aromatic rings. The molecule has 2 unspecified atom stereocenters. The lowest BCUT2D eigenvalue weighted by molar-refractivity contribution is -0.133. The van der Waals surface area contributed by atoms with Crippen molar-refractivity contribution in [2.45, 2.75) is 31.8 Å². The number of halogens is 2. The van der Waals surface area contributed by atoms with Gasteiger partial charge < -0.3 is 4.74 Å². The first-order valence-electron chi connectivity index (χ1n) is 8.18. The maximum Gasteiger partial charge on any atom is 0.247 e. The van der Waals surface area contributed by atoms with Gasteiger partial charge >= 0.3 is 0 Å². The highest BCUT2D eigenvalue weighted by Crippen LogP contribution is 2.40. The van der Waals surface area contributed by atoms with E-state index in [0.717, 1.165) is 36.1 Å². The van der Waals surface area contributed by atoms with E-state index in [1.807, 2.05) is 36.4 Å². The Labute approximate surface area is 156 Å². The molecule has 4 nitrogen and oxygen atoms in total. The highest BCUT2D eigenvalue weighted by molar-refractivity contribution is 6.34. The van der Waals surface area contributed by atoms with Crippen LogP contribution in [0, 0.1) is 5.92 Å². The molecule has 0 saturated heterocycles. The second-order valence-corrected chi connectivity index (χ2v) is 7.13. The SMILES string of the molecule is O=C(NO)C1CCCC1c1ccc(OCc2cc(Cl)cc(Cl)c2)cc1. The molecule has 0 aliphatic heterocycles. The predicted octanol–water partition coefficient (Wildman–Crippen LogP) is 4.96. The number of carbonyl (C=O) groups is 1. The first-order chi connectivity index (χ1) is 12.1. The lowest BCUT2D eigenvalue weighted by Crippen LogP contribution is -2.29. The van der Waals surface area contributed by atoms with Gasteiger partial charge in [0.05, 0.1) is 0 Å². The zero-order chi connectivity index (χ0) is 17.8. The molecule has 0 radical (unpaired) electrons. The van der Waals surface area contributed by atoms with Gasteiger partial charge in [0.15, 0.2) is 0 Å². The number of ether oxygens (including phenoxy) is 1. The van der Waals surface area contributed by atoms with Crippen molar-refractivity contribution in [2.75, 3.05) is 0 Å². The van der Waals surface area contributed by atoms with Gasteiger partial charge in [0.2, 0.25) is 5.91 Å². The van der Waals surface area contributed by atoms with Crippen molar-refractivity contribution in [3.8, 4) is 5.75 Å². The first-order valence-corrected chi connectivity index (χ1v) is 8.94. The normalized spacial score (nSPS) is 19.6. The molecule has 25 heavy (non-hydrogen) atoms. The third-order valence-corrected chi connectivity index (χ3v) is 5.04. The molecule has 6 heteroatoms. The van der Waals surface area contributed by atoms with Crippen LogP contribution in [0.3, 0.4) is 0 Å². The van der Waals surface area contributed by atoms with E-state index in [1.165, 1.54) is 0 Å². The topological polar surface area (TPSA) is 58.6 Å². The molecular weight excluding hydrogens is 361 g/mol. The average molecular weight is 380 g/mol. The van der Waals surface area contributed by atoms with Gasteiger partial charge in [0.1, 0.15) is 12.4 Å². The second-order valence-electron chi connectivity index (χ2n) is 6.26. The van der Waals surface area contributed by atoms with Crippen LogP contribution in [0.5, 0.6) is 5.75 Å². The fraction of sp³-hybridized carbons (Fsp3) is 0.316. The molecule has 1 saturated carbocycles. The van der Waals surface area contributed by atoms with E-state index in [0.29, 0.717) is 16.7 Å². The maximum atomic E-state index is 11.8. The molecule has 3 rings (SSSR count). The number of hydroxylamine groups is 1. The summed E-state index contributed by atoms with van der Waals surface area (Å²) in [5.41, 5.74) is 3.77. The number of amides is 1. The van der Waals surface area contributed by atoms with Gasteiger partial charge in [0.25, 0.3) is 0 Å². The molecule has 1 amide bonds. The van der Waals surface area contributed by atoms with Crippen LogP contribution in [0.2, 0.25) is 10.0 Å². The van der Waals surface area contributed by atoms with Crippen LogP contribution in [-0.2, 0) is 11.4 Å². The lowest BCUT2D eigenvalue weighted by Gasteiger charge is -2.18. The number of carbonyl (C=O) groups excluding carboxylic acids is 1. The average Bonchev–Trinajstić information content (AvgIpc) is 3.08. The summed E-state index contributed by atoms with van der Waals surface area (Å²) in [7, 11) is 0.